The molecule has 0 bridgehead atoms. The first kappa shape index (κ1) is 13.0. The minimum atomic E-state index is 0.0828. The van der Waals surface area contributed by atoms with Gasteiger partial charge in [0.2, 0.25) is 0 Å². The summed E-state index contributed by atoms with van der Waals surface area (Å²) in [6.07, 6.45) is 2.98. The van der Waals surface area contributed by atoms with E-state index in [2.05, 4.69) is 12.2 Å². The molecule has 0 atom stereocenters. The van der Waals surface area contributed by atoms with Crippen molar-refractivity contribution in [3.63, 3.8) is 0 Å². The fraction of sp³-hybridized carbons (Fsp3) is 0.538. The smallest absolute Gasteiger partial charge is 0.0682 e. The molecule has 3 heteroatoms. The van der Waals surface area contributed by atoms with E-state index in [4.69, 9.17) is 10.2 Å². The van der Waals surface area contributed by atoms with Crippen LogP contribution in [-0.4, -0.2) is 23.4 Å². The molecule has 1 aromatic carbocycles. The molecule has 0 heterocycles. The standard InChI is InChI=1S/C13H21NO2/c1-11-5-6-12(10-16)9-13(11)14-7-3-2-4-8-15/h5-6,9,14-16H,2-4,7-8,10H2,1H3. The van der Waals surface area contributed by atoms with Crippen molar-refractivity contribution >= 4 is 5.69 Å². The van der Waals surface area contributed by atoms with E-state index < -0.39 is 0 Å². The molecule has 1 rings (SSSR count). The number of rotatable bonds is 7. The zero-order valence-electron chi connectivity index (χ0n) is 9.87. The van der Waals surface area contributed by atoms with Crippen LogP contribution in [0.4, 0.5) is 5.69 Å². The van der Waals surface area contributed by atoms with Crippen LogP contribution in [0.2, 0.25) is 0 Å². The summed E-state index contributed by atoms with van der Waals surface area (Å²) in [7, 11) is 0. The summed E-state index contributed by atoms with van der Waals surface area (Å²) in [5.41, 5.74) is 3.22. The highest BCUT2D eigenvalue weighted by atomic mass is 16.3. The second kappa shape index (κ2) is 7.25. The van der Waals surface area contributed by atoms with Gasteiger partial charge in [-0.1, -0.05) is 12.1 Å². The molecule has 0 radical (unpaired) electrons. The highest BCUT2D eigenvalue weighted by molar-refractivity contribution is 5.52. The average Bonchev–Trinajstić information content (AvgIpc) is 2.31. The summed E-state index contributed by atoms with van der Waals surface area (Å²) < 4.78 is 0. The zero-order chi connectivity index (χ0) is 11.8. The molecule has 3 nitrogen and oxygen atoms in total. The van der Waals surface area contributed by atoms with Crippen molar-refractivity contribution in [3.05, 3.63) is 29.3 Å². The number of anilines is 1. The second-order valence-corrected chi connectivity index (χ2v) is 4.02. The van der Waals surface area contributed by atoms with Crippen molar-refractivity contribution in [2.45, 2.75) is 32.8 Å². The lowest BCUT2D eigenvalue weighted by Crippen LogP contribution is -2.04. The van der Waals surface area contributed by atoms with E-state index in [0.717, 1.165) is 37.1 Å². The van der Waals surface area contributed by atoms with Crippen molar-refractivity contribution in [1.29, 1.82) is 0 Å². The molecule has 90 valence electrons. The summed E-state index contributed by atoms with van der Waals surface area (Å²) in [5.74, 6) is 0. The number of hydrogen-bond acceptors (Lipinski definition) is 3. The molecule has 0 spiro atoms. The molecule has 16 heavy (non-hydrogen) atoms. The molecule has 0 saturated heterocycles. The Labute approximate surface area is 97.1 Å². The van der Waals surface area contributed by atoms with E-state index >= 15 is 0 Å². The maximum atomic E-state index is 9.04. The minimum Gasteiger partial charge on any atom is -0.396 e. The lowest BCUT2D eigenvalue weighted by molar-refractivity contribution is 0.282. The maximum absolute atomic E-state index is 9.04. The summed E-state index contributed by atoms with van der Waals surface area (Å²) in [6.45, 7) is 3.32. The van der Waals surface area contributed by atoms with Gasteiger partial charge < -0.3 is 15.5 Å². The van der Waals surface area contributed by atoms with Gasteiger partial charge in [-0.15, -0.1) is 0 Å². The molecule has 0 saturated carbocycles. The van der Waals surface area contributed by atoms with E-state index in [1.807, 2.05) is 18.2 Å². The van der Waals surface area contributed by atoms with Crippen LogP contribution in [0.1, 0.15) is 30.4 Å². The largest absolute Gasteiger partial charge is 0.396 e. The summed E-state index contributed by atoms with van der Waals surface area (Å²) in [4.78, 5) is 0. The molecule has 0 aliphatic heterocycles. The molecule has 0 amide bonds. The lowest BCUT2D eigenvalue weighted by atomic mass is 10.1. The van der Waals surface area contributed by atoms with Gasteiger partial charge in [-0.2, -0.15) is 0 Å². The van der Waals surface area contributed by atoms with Crippen LogP contribution >= 0.6 is 0 Å². The highest BCUT2D eigenvalue weighted by Gasteiger charge is 1.99. The third-order valence-corrected chi connectivity index (χ3v) is 2.63. The van der Waals surface area contributed by atoms with Gasteiger partial charge in [0.1, 0.15) is 0 Å². The number of benzene rings is 1. The Kier molecular flexibility index (Phi) is 5.90. The quantitative estimate of drug-likeness (QED) is 0.620. The number of nitrogens with one attached hydrogen (secondary N) is 1. The fourth-order valence-electron chi connectivity index (χ4n) is 1.59. The van der Waals surface area contributed by atoms with Crippen molar-refractivity contribution in [2.75, 3.05) is 18.5 Å². The Morgan fingerprint density at radius 2 is 1.94 bits per heavy atom. The van der Waals surface area contributed by atoms with E-state index in [0.29, 0.717) is 0 Å². The third-order valence-electron chi connectivity index (χ3n) is 2.63. The van der Waals surface area contributed by atoms with E-state index in [-0.39, 0.29) is 13.2 Å². The molecule has 3 N–H and O–H groups in total. The van der Waals surface area contributed by atoms with E-state index in [1.165, 1.54) is 5.56 Å². The maximum Gasteiger partial charge on any atom is 0.0682 e. The van der Waals surface area contributed by atoms with Gasteiger partial charge in [0.05, 0.1) is 6.61 Å². The lowest BCUT2D eigenvalue weighted by Gasteiger charge is -2.10. The number of hydrogen-bond donors (Lipinski definition) is 3. The molecular formula is C13H21NO2. The first-order chi connectivity index (χ1) is 7.77. The van der Waals surface area contributed by atoms with Crippen LogP contribution in [0, 0.1) is 6.92 Å². The van der Waals surface area contributed by atoms with Crippen molar-refractivity contribution in [1.82, 2.24) is 0 Å². The van der Waals surface area contributed by atoms with Gasteiger partial charge >= 0.3 is 0 Å². The van der Waals surface area contributed by atoms with Gasteiger partial charge in [-0.25, -0.2) is 0 Å². The average molecular weight is 223 g/mol. The molecule has 1 aromatic rings. The summed E-state index contributed by atoms with van der Waals surface area (Å²) in [6, 6.07) is 5.94. The topological polar surface area (TPSA) is 52.5 Å². The predicted molar refractivity (Wildman–Crippen MR) is 66.5 cm³/mol. The Morgan fingerprint density at radius 1 is 1.12 bits per heavy atom. The Hall–Kier alpha value is -1.06. The molecule has 0 aromatic heterocycles. The van der Waals surface area contributed by atoms with Gasteiger partial charge in [0, 0.05) is 18.8 Å². The Morgan fingerprint density at radius 3 is 2.62 bits per heavy atom. The molecule has 0 unspecified atom stereocenters. The summed E-state index contributed by atoms with van der Waals surface area (Å²) in [5, 5.41) is 21.0. The monoisotopic (exact) mass is 223 g/mol. The zero-order valence-corrected chi connectivity index (χ0v) is 9.87. The number of aliphatic hydroxyl groups is 2. The van der Waals surface area contributed by atoms with Crippen LogP contribution in [0.15, 0.2) is 18.2 Å². The van der Waals surface area contributed by atoms with E-state index in [1.54, 1.807) is 0 Å². The molecule has 0 aliphatic rings. The predicted octanol–water partition coefficient (Wildman–Crippen LogP) is 2.06. The van der Waals surface area contributed by atoms with E-state index in [9.17, 15) is 0 Å². The SMILES string of the molecule is Cc1ccc(CO)cc1NCCCCCO. The van der Waals surface area contributed by atoms with Gasteiger partial charge in [0.25, 0.3) is 0 Å². The van der Waals surface area contributed by atoms with Crippen LogP contribution in [-0.2, 0) is 6.61 Å². The number of aryl methyl sites for hydroxylation is 1. The third kappa shape index (κ3) is 4.21. The Balaban J connectivity index is 2.40. The highest BCUT2D eigenvalue weighted by Crippen LogP contribution is 2.17. The van der Waals surface area contributed by atoms with Crippen LogP contribution in [0.3, 0.4) is 0 Å². The fourth-order valence-corrected chi connectivity index (χ4v) is 1.59. The van der Waals surface area contributed by atoms with Crippen molar-refractivity contribution in [2.24, 2.45) is 0 Å². The van der Waals surface area contributed by atoms with Gasteiger partial charge in [-0.05, 0) is 43.4 Å². The first-order valence-electron chi connectivity index (χ1n) is 5.83. The first-order valence-corrected chi connectivity index (χ1v) is 5.83. The number of unbranched alkanes of at least 4 members (excludes halogenated alkanes) is 2. The van der Waals surface area contributed by atoms with Crippen molar-refractivity contribution < 1.29 is 10.2 Å². The Bertz CT molecular complexity index is 313. The normalized spacial score (nSPS) is 10.4. The van der Waals surface area contributed by atoms with Gasteiger partial charge in [0.15, 0.2) is 0 Å². The number of aliphatic hydroxyl groups excluding tert-OH is 2. The van der Waals surface area contributed by atoms with Crippen LogP contribution in [0.25, 0.3) is 0 Å². The van der Waals surface area contributed by atoms with Crippen molar-refractivity contribution in [3.8, 4) is 0 Å². The molecule has 0 fully saturated rings. The van der Waals surface area contributed by atoms with Crippen LogP contribution < -0.4 is 5.32 Å². The molecule has 0 aliphatic carbocycles. The van der Waals surface area contributed by atoms with Gasteiger partial charge in [-0.3, -0.25) is 0 Å². The minimum absolute atomic E-state index is 0.0828. The molecular weight excluding hydrogens is 202 g/mol. The summed E-state index contributed by atoms with van der Waals surface area (Å²) >= 11 is 0. The second-order valence-electron chi connectivity index (χ2n) is 4.02. The van der Waals surface area contributed by atoms with Crippen LogP contribution in [0.5, 0.6) is 0 Å².